The zero-order chi connectivity index (χ0) is 44.6. The Kier molecular flexibility index (Phi) is 8.98. The monoisotopic (exact) mass is 865 g/mol. The molecule has 0 bridgehead atoms. The summed E-state index contributed by atoms with van der Waals surface area (Å²) in [6, 6.07) is 18.4. The van der Waals surface area contributed by atoms with Gasteiger partial charge in [0.15, 0.2) is 0 Å². The van der Waals surface area contributed by atoms with Gasteiger partial charge in [0.05, 0.1) is 64.9 Å². The van der Waals surface area contributed by atoms with Crippen LogP contribution in [0.25, 0.3) is 55.4 Å². The van der Waals surface area contributed by atoms with Gasteiger partial charge in [-0.15, -0.1) is 0 Å². The van der Waals surface area contributed by atoms with Crippen LogP contribution in [0, 0.1) is 24.2 Å². The minimum Gasteiger partial charge on any atom is -0.378 e. The third kappa shape index (κ3) is 6.18. The third-order valence-corrected chi connectivity index (χ3v) is 15.2. The number of imidazole rings is 2. The second kappa shape index (κ2) is 14.7. The highest BCUT2D eigenvalue weighted by molar-refractivity contribution is 5.98. The molecule has 14 heteroatoms. The van der Waals surface area contributed by atoms with E-state index in [-0.39, 0.29) is 41.7 Å². The number of hydrogen-bond donors (Lipinski definition) is 0. The Balaban J connectivity index is 0.850. The van der Waals surface area contributed by atoms with E-state index in [1.807, 2.05) is 71.2 Å². The van der Waals surface area contributed by atoms with E-state index in [0.29, 0.717) is 36.9 Å². The average molecular weight is 866 g/mol. The highest BCUT2D eigenvalue weighted by Crippen LogP contribution is 2.55. The summed E-state index contributed by atoms with van der Waals surface area (Å²) in [5.41, 5.74) is 10.6. The zero-order valence-corrected chi connectivity index (χ0v) is 37.6. The van der Waals surface area contributed by atoms with Crippen molar-refractivity contribution in [3.8, 4) is 39.8 Å². The highest BCUT2D eigenvalue weighted by Gasteiger charge is 2.50. The molecule has 5 aromatic heterocycles. The SMILES string of the molecule is Cc1c(-c2nc3cccc(-c4nc(C5CC5C5CC(c6cc7cccc(-c8nc(C9CC9)n9c8CN(C)C(=O)[C@@H]9C)c7cn6)CCO5)n5c4CN(C)C(=O)[C@@H]5C)c3cc2C#N)cnn1C. The summed E-state index contributed by atoms with van der Waals surface area (Å²) in [6.07, 6.45) is 8.75. The topological polar surface area (TPSA) is 153 Å². The van der Waals surface area contributed by atoms with Gasteiger partial charge in [0.2, 0.25) is 11.8 Å². The fourth-order valence-electron chi connectivity index (χ4n) is 11.3. The number of nitrogens with zero attached hydrogens (tertiary/aromatic N) is 11. The number of benzene rings is 2. The molecule has 5 aliphatic rings. The van der Waals surface area contributed by atoms with Crippen LogP contribution in [0.15, 0.2) is 60.9 Å². The Labute approximate surface area is 376 Å². The van der Waals surface area contributed by atoms with Gasteiger partial charge in [0.1, 0.15) is 29.8 Å². The minimum atomic E-state index is -0.407. The molecule has 1 saturated heterocycles. The van der Waals surface area contributed by atoms with Crippen LogP contribution in [0.4, 0.5) is 0 Å². The highest BCUT2D eigenvalue weighted by atomic mass is 16.5. The number of aromatic nitrogens is 8. The van der Waals surface area contributed by atoms with E-state index >= 15 is 0 Å². The number of rotatable bonds is 7. The number of nitriles is 1. The van der Waals surface area contributed by atoms with Crippen molar-refractivity contribution in [3.05, 3.63) is 101 Å². The number of fused-ring (bicyclic) bond motifs is 4. The van der Waals surface area contributed by atoms with Gasteiger partial charge in [0.25, 0.3) is 0 Å². The molecular weight excluding hydrogens is 815 g/mol. The van der Waals surface area contributed by atoms with Crippen molar-refractivity contribution in [2.75, 3.05) is 20.7 Å². The summed E-state index contributed by atoms with van der Waals surface area (Å²) in [5, 5.41) is 17.8. The van der Waals surface area contributed by atoms with Crippen LogP contribution in [0.2, 0.25) is 0 Å². The first kappa shape index (κ1) is 39.8. The summed E-state index contributed by atoms with van der Waals surface area (Å²) < 4.78 is 12.8. The van der Waals surface area contributed by atoms with E-state index in [0.717, 1.165) is 116 Å². The van der Waals surface area contributed by atoms with Crippen LogP contribution >= 0.6 is 0 Å². The number of carbonyl (C=O) groups excluding carboxylic acids is 2. The van der Waals surface area contributed by atoms with Gasteiger partial charge < -0.3 is 23.7 Å². The maximum Gasteiger partial charge on any atom is 0.245 e. The Hall–Kier alpha value is -6.72. The maximum atomic E-state index is 13.6. The molecule has 8 heterocycles. The largest absolute Gasteiger partial charge is 0.378 e. The van der Waals surface area contributed by atoms with Crippen LogP contribution in [-0.4, -0.2) is 87.3 Å². The summed E-state index contributed by atoms with van der Waals surface area (Å²) >= 11 is 0. The average Bonchev–Trinajstić information content (AvgIpc) is 4.23. The number of pyridine rings is 2. The molecule has 2 aliphatic carbocycles. The predicted octanol–water partition coefficient (Wildman–Crippen LogP) is 8.10. The smallest absolute Gasteiger partial charge is 0.245 e. The van der Waals surface area contributed by atoms with Gasteiger partial charge in [-0.3, -0.25) is 19.3 Å². The molecule has 7 aromatic rings. The summed E-state index contributed by atoms with van der Waals surface area (Å²) in [4.78, 5) is 51.2. The molecule has 2 amide bonds. The Morgan fingerprint density at radius 3 is 2.09 bits per heavy atom. The molecule has 2 saturated carbocycles. The van der Waals surface area contributed by atoms with Crippen molar-refractivity contribution in [1.82, 2.24) is 48.7 Å². The maximum absolute atomic E-state index is 13.6. The summed E-state index contributed by atoms with van der Waals surface area (Å²) in [7, 11) is 5.63. The lowest BCUT2D eigenvalue weighted by molar-refractivity contribution is -0.136. The molecular formula is C51H51N11O3. The van der Waals surface area contributed by atoms with Crippen LogP contribution in [0.5, 0.6) is 0 Å². The fourth-order valence-corrected chi connectivity index (χ4v) is 11.3. The molecule has 3 fully saturated rings. The molecule has 0 spiro atoms. The van der Waals surface area contributed by atoms with Crippen LogP contribution < -0.4 is 0 Å². The van der Waals surface area contributed by atoms with Crippen LogP contribution in [0.3, 0.4) is 0 Å². The molecule has 4 unspecified atom stereocenters. The van der Waals surface area contributed by atoms with E-state index < -0.39 is 6.04 Å². The van der Waals surface area contributed by atoms with Gasteiger partial charge in [0, 0.05) is 90.6 Å². The molecule has 14 nitrogen and oxygen atoms in total. The molecule has 6 atom stereocenters. The number of carbonyl (C=O) groups is 2. The van der Waals surface area contributed by atoms with Gasteiger partial charge >= 0.3 is 0 Å². The van der Waals surface area contributed by atoms with E-state index in [2.05, 4.69) is 50.6 Å². The van der Waals surface area contributed by atoms with Crippen LogP contribution in [-0.2, 0) is 34.5 Å². The number of hydrogen-bond acceptors (Lipinski definition) is 9. The Morgan fingerprint density at radius 1 is 0.738 bits per heavy atom. The fraction of sp³-hybridized carbons (Fsp3) is 0.412. The Bertz CT molecular complexity index is 3200. The second-order valence-electron chi connectivity index (χ2n) is 19.2. The minimum absolute atomic E-state index is 0.0325. The standard InChI is InChI=1S/C51H51N11O3/c1-26-38(23-54-60(26)6)45-32(21-52)17-35-33(11-8-12-40(35)55-45)46-43-25-59(5)51(64)28(3)62(43)49(57-46)37-20-36(37)44-19-31(15-16-65-44)41-18-30-9-7-10-34(39(30)22-53-41)47-42-24-58(4)50(63)27(2)61(42)48(56-47)29-13-14-29/h7-12,17-18,22-23,27-29,31,36-37,44H,13-16,19-20,24-25H2,1-6H3/t27-,28-,31?,36?,37?,44?/m0/s1. The first-order chi connectivity index (χ1) is 31.5. The van der Waals surface area contributed by atoms with Gasteiger partial charge in [-0.25, -0.2) is 15.0 Å². The molecule has 2 aromatic carbocycles. The number of ether oxygens (including phenoxy) is 1. The zero-order valence-electron chi connectivity index (χ0n) is 37.6. The number of aryl methyl sites for hydroxylation is 1. The molecule has 0 N–H and O–H groups in total. The number of amides is 2. The lowest BCUT2D eigenvalue weighted by atomic mass is 9.88. The summed E-state index contributed by atoms with van der Waals surface area (Å²) in [6.45, 7) is 7.58. The third-order valence-electron chi connectivity index (χ3n) is 15.2. The van der Waals surface area contributed by atoms with E-state index in [1.165, 1.54) is 0 Å². The quantitative estimate of drug-likeness (QED) is 0.155. The molecule has 12 rings (SSSR count). The van der Waals surface area contributed by atoms with Gasteiger partial charge in [-0.2, -0.15) is 10.4 Å². The van der Waals surface area contributed by atoms with E-state index in [9.17, 15) is 14.9 Å². The lowest BCUT2D eigenvalue weighted by Crippen LogP contribution is -2.39. The first-order valence-corrected chi connectivity index (χ1v) is 23.0. The Morgan fingerprint density at radius 2 is 1.42 bits per heavy atom. The normalized spacial score (nSPS) is 24.1. The van der Waals surface area contributed by atoms with Crippen molar-refractivity contribution in [3.63, 3.8) is 0 Å². The first-order valence-electron chi connectivity index (χ1n) is 23.0. The van der Waals surface area contributed by atoms with Crippen molar-refractivity contribution in [2.24, 2.45) is 13.0 Å². The van der Waals surface area contributed by atoms with E-state index in [4.69, 9.17) is 24.7 Å². The molecule has 328 valence electrons. The second-order valence-corrected chi connectivity index (χ2v) is 19.2. The van der Waals surface area contributed by atoms with Crippen molar-refractivity contribution >= 4 is 33.5 Å². The van der Waals surface area contributed by atoms with Crippen LogP contribution in [0.1, 0.15) is 116 Å². The van der Waals surface area contributed by atoms with Crippen molar-refractivity contribution in [2.45, 2.75) is 102 Å². The van der Waals surface area contributed by atoms with Gasteiger partial charge in [-0.05, 0) is 82.4 Å². The molecule has 3 aliphatic heterocycles. The lowest BCUT2D eigenvalue weighted by Gasteiger charge is -2.32. The number of likely N-dealkylation sites (N-methyl/N-ethyl adjacent to an activating group) is 2. The van der Waals surface area contributed by atoms with Crippen molar-refractivity contribution < 1.29 is 14.3 Å². The summed E-state index contributed by atoms with van der Waals surface area (Å²) in [5.74, 6) is 3.22. The predicted molar refractivity (Wildman–Crippen MR) is 244 cm³/mol. The van der Waals surface area contributed by atoms with Crippen molar-refractivity contribution in [1.29, 1.82) is 5.26 Å². The van der Waals surface area contributed by atoms with E-state index in [1.54, 1.807) is 15.8 Å². The van der Waals surface area contributed by atoms with Gasteiger partial charge in [-0.1, -0.05) is 30.3 Å². The molecule has 0 radical (unpaired) electrons. The molecule has 65 heavy (non-hydrogen) atoms.